The van der Waals surface area contributed by atoms with Crippen molar-refractivity contribution in [3.8, 4) is 0 Å². The summed E-state index contributed by atoms with van der Waals surface area (Å²) in [5, 5.41) is 3.25. The normalized spacial score (nSPS) is 25.4. The third kappa shape index (κ3) is 4.19. The minimum Gasteiger partial charge on any atom is -0.368 e. The zero-order chi connectivity index (χ0) is 15.6. The quantitative estimate of drug-likeness (QED) is 0.784. The van der Waals surface area contributed by atoms with Crippen LogP contribution in [-0.4, -0.2) is 42.0 Å². The molecule has 1 saturated heterocycles. The van der Waals surface area contributed by atoms with Crippen LogP contribution in [0.15, 0.2) is 0 Å². The highest BCUT2D eigenvalue weighted by Crippen LogP contribution is 2.35. The molecule has 0 aromatic carbocycles. The van der Waals surface area contributed by atoms with Crippen molar-refractivity contribution in [3.63, 3.8) is 0 Å². The van der Waals surface area contributed by atoms with Crippen LogP contribution in [-0.2, 0) is 4.79 Å². The Bertz CT molecular complexity index is 337. The van der Waals surface area contributed by atoms with Crippen molar-refractivity contribution in [2.45, 2.75) is 66.0 Å². The van der Waals surface area contributed by atoms with Gasteiger partial charge in [-0.1, -0.05) is 27.7 Å². The fourth-order valence-corrected chi connectivity index (χ4v) is 3.26. The van der Waals surface area contributed by atoms with E-state index in [2.05, 4.69) is 37.9 Å². The fraction of sp³-hybridized carbons (Fsp3) is 0.938. The Morgan fingerprint density at radius 1 is 1.40 bits per heavy atom. The highest BCUT2D eigenvalue weighted by atomic mass is 16.1. The topological polar surface area (TPSA) is 58.4 Å². The summed E-state index contributed by atoms with van der Waals surface area (Å²) in [5.41, 5.74) is 5.34. The van der Waals surface area contributed by atoms with E-state index in [1.807, 2.05) is 13.8 Å². The van der Waals surface area contributed by atoms with Gasteiger partial charge in [-0.3, -0.25) is 4.79 Å². The number of nitrogens with one attached hydrogen (secondary N) is 1. The number of carbonyl (C=O) groups excluding carboxylic acids is 1. The molecule has 0 bridgehead atoms. The molecular formula is C16H33N3O. The molecule has 0 radical (unpaired) electrons. The molecule has 0 aromatic heterocycles. The van der Waals surface area contributed by atoms with E-state index in [-0.39, 0.29) is 5.91 Å². The van der Waals surface area contributed by atoms with Gasteiger partial charge in [0.1, 0.15) is 0 Å². The number of nitrogens with zero attached hydrogens (tertiary/aromatic N) is 1. The maximum Gasteiger partial charge on any atom is 0.237 e. The van der Waals surface area contributed by atoms with E-state index < -0.39 is 5.54 Å². The van der Waals surface area contributed by atoms with E-state index in [9.17, 15) is 4.79 Å². The van der Waals surface area contributed by atoms with Crippen molar-refractivity contribution < 1.29 is 4.79 Å². The average molecular weight is 283 g/mol. The van der Waals surface area contributed by atoms with Gasteiger partial charge < -0.3 is 16.0 Å². The standard InChI is InChI=1S/C16H33N3O/c1-7-18-16(6,14(17)20)10-12(2)19-9-8-13(11-19)15(3,4)5/h12-13,18H,7-11H2,1-6H3,(H2,17,20). The van der Waals surface area contributed by atoms with Gasteiger partial charge in [-0.25, -0.2) is 0 Å². The van der Waals surface area contributed by atoms with Gasteiger partial charge in [-0.2, -0.15) is 0 Å². The van der Waals surface area contributed by atoms with Gasteiger partial charge in [-0.15, -0.1) is 0 Å². The number of nitrogens with two attached hydrogens (primary N) is 1. The Balaban J connectivity index is 2.63. The smallest absolute Gasteiger partial charge is 0.237 e. The molecule has 3 N–H and O–H groups in total. The Morgan fingerprint density at radius 3 is 2.40 bits per heavy atom. The summed E-state index contributed by atoms with van der Waals surface area (Å²) in [6.45, 7) is 16.1. The van der Waals surface area contributed by atoms with Crippen molar-refractivity contribution in [1.82, 2.24) is 10.2 Å². The third-order valence-electron chi connectivity index (χ3n) is 4.88. The monoisotopic (exact) mass is 283 g/mol. The molecule has 0 spiro atoms. The zero-order valence-electron chi connectivity index (χ0n) is 14.1. The molecule has 1 aliphatic heterocycles. The first kappa shape index (κ1) is 17.4. The predicted molar refractivity (Wildman–Crippen MR) is 84.5 cm³/mol. The van der Waals surface area contributed by atoms with E-state index >= 15 is 0 Å². The molecule has 3 atom stereocenters. The number of likely N-dealkylation sites (tertiary alicyclic amines) is 1. The van der Waals surface area contributed by atoms with Crippen LogP contribution in [0.4, 0.5) is 0 Å². The Hall–Kier alpha value is -0.610. The van der Waals surface area contributed by atoms with Crippen LogP contribution in [0.25, 0.3) is 0 Å². The van der Waals surface area contributed by atoms with Crippen molar-refractivity contribution in [1.29, 1.82) is 0 Å². The molecule has 20 heavy (non-hydrogen) atoms. The van der Waals surface area contributed by atoms with E-state index in [1.165, 1.54) is 6.42 Å². The van der Waals surface area contributed by atoms with Crippen LogP contribution in [0.3, 0.4) is 0 Å². The summed E-state index contributed by atoms with van der Waals surface area (Å²) in [5.74, 6) is 0.488. The molecule has 4 heteroatoms. The summed E-state index contributed by atoms with van der Waals surface area (Å²) in [7, 11) is 0. The molecule has 0 saturated carbocycles. The molecular weight excluding hydrogens is 250 g/mol. The highest BCUT2D eigenvalue weighted by molar-refractivity contribution is 5.84. The number of primary amides is 1. The van der Waals surface area contributed by atoms with E-state index in [0.29, 0.717) is 11.5 Å². The molecule has 0 aliphatic carbocycles. The SMILES string of the molecule is CCNC(C)(CC(C)N1CCC(C(C)(C)C)C1)C(N)=O. The van der Waals surface area contributed by atoms with E-state index in [0.717, 1.165) is 32.0 Å². The number of likely N-dealkylation sites (N-methyl/N-ethyl adjacent to an activating group) is 1. The molecule has 3 unspecified atom stereocenters. The predicted octanol–water partition coefficient (Wildman–Crippen LogP) is 1.99. The lowest BCUT2D eigenvalue weighted by Gasteiger charge is -2.35. The highest BCUT2D eigenvalue weighted by Gasteiger charge is 2.37. The summed E-state index contributed by atoms with van der Waals surface area (Å²) in [6, 6.07) is 0.374. The van der Waals surface area contributed by atoms with Crippen LogP contribution < -0.4 is 11.1 Å². The number of hydrogen-bond acceptors (Lipinski definition) is 3. The molecule has 1 heterocycles. The fourth-order valence-electron chi connectivity index (χ4n) is 3.26. The van der Waals surface area contributed by atoms with Gasteiger partial charge in [0.25, 0.3) is 0 Å². The Morgan fingerprint density at radius 2 is 2.00 bits per heavy atom. The number of rotatable bonds is 6. The minimum atomic E-state index is -0.603. The molecule has 4 nitrogen and oxygen atoms in total. The Kier molecular flexibility index (Phi) is 5.61. The summed E-state index contributed by atoms with van der Waals surface area (Å²) < 4.78 is 0. The van der Waals surface area contributed by atoms with Gasteiger partial charge in [0, 0.05) is 12.6 Å². The van der Waals surface area contributed by atoms with Crippen LogP contribution >= 0.6 is 0 Å². The summed E-state index contributed by atoms with van der Waals surface area (Å²) >= 11 is 0. The summed E-state index contributed by atoms with van der Waals surface area (Å²) in [4.78, 5) is 14.2. The second-order valence-corrected chi connectivity index (χ2v) is 7.63. The second-order valence-electron chi connectivity index (χ2n) is 7.63. The van der Waals surface area contributed by atoms with Crippen molar-refractivity contribution >= 4 is 5.91 Å². The Labute approximate surface area is 124 Å². The number of carbonyl (C=O) groups is 1. The maximum absolute atomic E-state index is 11.7. The molecule has 1 aliphatic rings. The van der Waals surface area contributed by atoms with Gasteiger partial charge in [0.05, 0.1) is 5.54 Å². The molecule has 1 amide bonds. The first-order chi connectivity index (χ1) is 9.10. The van der Waals surface area contributed by atoms with Crippen LogP contribution in [0.5, 0.6) is 0 Å². The zero-order valence-corrected chi connectivity index (χ0v) is 14.1. The average Bonchev–Trinajstić information content (AvgIpc) is 2.77. The minimum absolute atomic E-state index is 0.252. The van der Waals surface area contributed by atoms with Crippen LogP contribution in [0.1, 0.15) is 54.4 Å². The first-order valence-corrected chi connectivity index (χ1v) is 7.89. The van der Waals surface area contributed by atoms with Crippen molar-refractivity contribution in [2.75, 3.05) is 19.6 Å². The third-order valence-corrected chi connectivity index (χ3v) is 4.88. The van der Waals surface area contributed by atoms with Gasteiger partial charge >= 0.3 is 0 Å². The van der Waals surface area contributed by atoms with Crippen molar-refractivity contribution in [3.05, 3.63) is 0 Å². The summed E-state index contributed by atoms with van der Waals surface area (Å²) in [6.07, 6.45) is 2.02. The molecule has 1 rings (SSSR count). The molecule has 118 valence electrons. The lowest BCUT2D eigenvalue weighted by molar-refractivity contribution is -0.124. The second kappa shape index (κ2) is 6.44. The van der Waals surface area contributed by atoms with Crippen LogP contribution in [0, 0.1) is 11.3 Å². The van der Waals surface area contributed by atoms with E-state index in [4.69, 9.17) is 5.73 Å². The number of hydrogen-bond donors (Lipinski definition) is 2. The van der Waals surface area contributed by atoms with E-state index in [1.54, 1.807) is 0 Å². The largest absolute Gasteiger partial charge is 0.368 e. The number of amides is 1. The van der Waals surface area contributed by atoms with Gasteiger partial charge in [0.15, 0.2) is 0 Å². The molecule has 0 aromatic rings. The van der Waals surface area contributed by atoms with Crippen molar-refractivity contribution in [2.24, 2.45) is 17.1 Å². The lowest BCUT2D eigenvalue weighted by atomic mass is 9.80. The van der Waals surface area contributed by atoms with Gasteiger partial charge in [0.2, 0.25) is 5.91 Å². The van der Waals surface area contributed by atoms with Crippen LogP contribution in [0.2, 0.25) is 0 Å². The maximum atomic E-state index is 11.7. The first-order valence-electron chi connectivity index (χ1n) is 7.89. The molecule has 1 fully saturated rings. The lowest BCUT2D eigenvalue weighted by Crippen LogP contribution is -2.56. The van der Waals surface area contributed by atoms with Gasteiger partial charge in [-0.05, 0) is 51.1 Å².